The number of benzene rings is 1. The van der Waals surface area contributed by atoms with Crippen LogP contribution in [0.3, 0.4) is 0 Å². The first-order valence-corrected chi connectivity index (χ1v) is 6.64. The van der Waals surface area contributed by atoms with Crippen LogP contribution >= 0.6 is 0 Å². The lowest BCUT2D eigenvalue weighted by Crippen LogP contribution is -2.17. The van der Waals surface area contributed by atoms with Gasteiger partial charge < -0.3 is 10.1 Å². The number of hydrogen-bond acceptors (Lipinski definition) is 3. The normalized spacial score (nSPS) is 9.95. The Morgan fingerprint density at radius 2 is 1.95 bits per heavy atom. The van der Waals surface area contributed by atoms with Crippen LogP contribution in [-0.2, 0) is 13.0 Å². The van der Waals surface area contributed by atoms with Crippen LogP contribution < -0.4 is 10.1 Å². The van der Waals surface area contributed by atoms with E-state index < -0.39 is 0 Å². The first-order chi connectivity index (χ1) is 9.90. The third-order valence-electron chi connectivity index (χ3n) is 2.94. The minimum Gasteiger partial charge on any atom is -0.481 e. The molecule has 0 radical (unpaired) electrons. The first-order valence-electron chi connectivity index (χ1n) is 6.64. The summed E-state index contributed by atoms with van der Waals surface area (Å²) in [6, 6.07) is 12.0. The molecule has 0 saturated carbocycles. The molecule has 0 aliphatic rings. The van der Waals surface area contributed by atoms with Crippen molar-refractivity contribution in [3.05, 3.63) is 59.9 Å². The van der Waals surface area contributed by atoms with Crippen LogP contribution in [0.5, 0.6) is 5.75 Å². The van der Waals surface area contributed by atoms with Gasteiger partial charge in [0.2, 0.25) is 0 Å². The zero-order valence-corrected chi connectivity index (χ0v) is 11.4. The molecule has 2 aromatic rings. The second-order valence-corrected chi connectivity index (χ2v) is 4.38. The van der Waals surface area contributed by atoms with E-state index in [9.17, 15) is 0 Å². The van der Waals surface area contributed by atoms with Gasteiger partial charge in [-0.1, -0.05) is 24.1 Å². The van der Waals surface area contributed by atoms with E-state index in [1.807, 2.05) is 48.8 Å². The van der Waals surface area contributed by atoms with Gasteiger partial charge in [0, 0.05) is 24.5 Å². The number of pyridine rings is 1. The molecule has 1 aromatic heterocycles. The number of para-hydroxylation sites is 1. The van der Waals surface area contributed by atoms with Crippen LogP contribution in [0, 0.1) is 12.3 Å². The van der Waals surface area contributed by atoms with Gasteiger partial charge in [-0.25, -0.2) is 0 Å². The number of nitrogens with zero attached hydrogens (tertiary/aromatic N) is 1. The highest BCUT2D eigenvalue weighted by Crippen LogP contribution is 2.17. The van der Waals surface area contributed by atoms with Gasteiger partial charge in [-0.2, -0.15) is 0 Å². The summed E-state index contributed by atoms with van der Waals surface area (Å²) in [4.78, 5) is 4.01. The smallest absolute Gasteiger partial charge is 0.148 e. The highest BCUT2D eigenvalue weighted by molar-refractivity contribution is 5.33. The number of hydrogen-bond donors (Lipinski definition) is 1. The zero-order chi connectivity index (χ0) is 14.0. The molecule has 102 valence electrons. The number of rotatable bonds is 7. The maximum absolute atomic E-state index is 5.52. The fourth-order valence-electron chi connectivity index (χ4n) is 1.92. The van der Waals surface area contributed by atoms with E-state index in [1.54, 1.807) is 0 Å². The van der Waals surface area contributed by atoms with E-state index in [0.29, 0.717) is 6.61 Å². The van der Waals surface area contributed by atoms with Crippen LogP contribution in [0.4, 0.5) is 0 Å². The van der Waals surface area contributed by atoms with Gasteiger partial charge in [0.15, 0.2) is 0 Å². The fourth-order valence-corrected chi connectivity index (χ4v) is 1.92. The number of nitrogens with one attached hydrogen (secondary N) is 1. The predicted molar refractivity (Wildman–Crippen MR) is 80.4 cm³/mol. The Morgan fingerprint density at radius 1 is 1.15 bits per heavy atom. The predicted octanol–water partition coefficient (Wildman–Crippen LogP) is 2.43. The molecule has 0 unspecified atom stereocenters. The molecule has 1 N–H and O–H groups in total. The van der Waals surface area contributed by atoms with Gasteiger partial charge in [-0.3, -0.25) is 4.98 Å². The van der Waals surface area contributed by atoms with Gasteiger partial charge in [0.1, 0.15) is 12.4 Å². The average molecular weight is 266 g/mol. The summed E-state index contributed by atoms with van der Waals surface area (Å²) in [5, 5.41) is 3.41. The molecule has 0 atom stereocenters. The van der Waals surface area contributed by atoms with Gasteiger partial charge in [0.25, 0.3) is 0 Å². The highest BCUT2D eigenvalue weighted by Gasteiger charge is 2.01. The monoisotopic (exact) mass is 266 g/mol. The molecule has 0 saturated heterocycles. The summed E-state index contributed by atoms with van der Waals surface area (Å²) >= 11 is 0. The van der Waals surface area contributed by atoms with Crippen molar-refractivity contribution in [1.29, 1.82) is 0 Å². The summed E-state index contributed by atoms with van der Waals surface area (Å²) < 4.78 is 5.52. The Morgan fingerprint density at radius 3 is 2.75 bits per heavy atom. The quantitative estimate of drug-likeness (QED) is 0.617. The molecule has 0 aliphatic heterocycles. The Hall–Kier alpha value is -2.31. The second-order valence-electron chi connectivity index (χ2n) is 4.38. The molecular formula is C17H18N2O. The fraction of sp³-hybridized carbons (Fsp3) is 0.235. The first kappa shape index (κ1) is 14.1. The van der Waals surface area contributed by atoms with Crippen LogP contribution in [0.15, 0.2) is 48.8 Å². The van der Waals surface area contributed by atoms with Crippen molar-refractivity contribution >= 4 is 0 Å². The highest BCUT2D eigenvalue weighted by atomic mass is 16.5. The molecule has 2 rings (SSSR count). The van der Waals surface area contributed by atoms with Crippen molar-refractivity contribution in [3.8, 4) is 18.1 Å². The Balaban J connectivity index is 1.80. The third kappa shape index (κ3) is 4.42. The molecule has 0 spiro atoms. The molecule has 1 aromatic carbocycles. The number of aromatic nitrogens is 1. The lowest BCUT2D eigenvalue weighted by molar-refractivity contribution is 0.365. The SMILES string of the molecule is C#CCOc1ccccc1CNCCc1ccncc1. The van der Waals surface area contributed by atoms with Gasteiger partial charge in [-0.15, -0.1) is 6.42 Å². The molecule has 0 aliphatic carbocycles. The zero-order valence-electron chi connectivity index (χ0n) is 11.4. The standard InChI is InChI=1S/C17H18N2O/c1-2-13-20-17-6-4-3-5-16(17)14-19-12-9-15-7-10-18-11-8-15/h1,3-8,10-11,19H,9,12-14H2. The van der Waals surface area contributed by atoms with E-state index in [4.69, 9.17) is 11.2 Å². The van der Waals surface area contributed by atoms with E-state index >= 15 is 0 Å². The largest absolute Gasteiger partial charge is 0.481 e. The van der Waals surface area contributed by atoms with Crippen LogP contribution in [0.1, 0.15) is 11.1 Å². The van der Waals surface area contributed by atoms with E-state index in [-0.39, 0.29) is 0 Å². The van der Waals surface area contributed by atoms with Crippen LogP contribution in [0.2, 0.25) is 0 Å². The maximum atomic E-state index is 5.52. The minimum absolute atomic E-state index is 0.300. The minimum atomic E-state index is 0.300. The van der Waals surface area contributed by atoms with E-state index in [1.165, 1.54) is 5.56 Å². The van der Waals surface area contributed by atoms with Gasteiger partial charge in [-0.05, 0) is 36.7 Å². The average Bonchev–Trinajstić information content (AvgIpc) is 2.51. The number of ether oxygens (including phenoxy) is 1. The topological polar surface area (TPSA) is 34.1 Å². The van der Waals surface area contributed by atoms with Crippen molar-refractivity contribution in [2.24, 2.45) is 0 Å². The summed E-state index contributed by atoms with van der Waals surface area (Å²) in [5.74, 6) is 3.33. The van der Waals surface area contributed by atoms with Gasteiger partial charge in [0.05, 0.1) is 0 Å². The summed E-state index contributed by atoms with van der Waals surface area (Å²) in [7, 11) is 0. The Labute approximate surface area is 120 Å². The molecule has 0 amide bonds. The van der Waals surface area contributed by atoms with Crippen molar-refractivity contribution in [2.75, 3.05) is 13.2 Å². The van der Waals surface area contributed by atoms with E-state index in [0.717, 1.165) is 30.8 Å². The maximum Gasteiger partial charge on any atom is 0.148 e. The lowest BCUT2D eigenvalue weighted by Gasteiger charge is -2.10. The van der Waals surface area contributed by atoms with Crippen molar-refractivity contribution in [3.63, 3.8) is 0 Å². The second kappa shape index (κ2) is 7.98. The lowest BCUT2D eigenvalue weighted by atomic mass is 10.2. The van der Waals surface area contributed by atoms with Crippen LogP contribution in [-0.4, -0.2) is 18.1 Å². The Bertz CT molecular complexity index is 561. The van der Waals surface area contributed by atoms with Crippen molar-refractivity contribution < 1.29 is 4.74 Å². The number of terminal acetylenes is 1. The summed E-state index contributed by atoms with van der Waals surface area (Å²) in [6.45, 7) is 1.98. The van der Waals surface area contributed by atoms with E-state index in [2.05, 4.69) is 16.2 Å². The summed E-state index contributed by atoms with van der Waals surface area (Å²) in [5.41, 5.74) is 2.40. The van der Waals surface area contributed by atoms with Crippen LogP contribution in [0.25, 0.3) is 0 Å². The van der Waals surface area contributed by atoms with Crippen molar-refractivity contribution in [1.82, 2.24) is 10.3 Å². The summed E-state index contributed by atoms with van der Waals surface area (Å²) in [6.07, 6.45) is 9.83. The molecule has 20 heavy (non-hydrogen) atoms. The molecule has 1 heterocycles. The molecule has 3 heteroatoms. The van der Waals surface area contributed by atoms with Crippen molar-refractivity contribution in [2.45, 2.75) is 13.0 Å². The molecule has 0 fully saturated rings. The Kier molecular flexibility index (Phi) is 5.63. The molecular weight excluding hydrogens is 248 g/mol. The van der Waals surface area contributed by atoms with Gasteiger partial charge >= 0.3 is 0 Å². The third-order valence-corrected chi connectivity index (χ3v) is 2.94. The molecule has 3 nitrogen and oxygen atoms in total. The molecule has 0 bridgehead atoms.